The third kappa shape index (κ3) is 3.36. The zero-order valence-corrected chi connectivity index (χ0v) is 17.9. The van der Waals surface area contributed by atoms with Crippen molar-refractivity contribution in [3.8, 4) is 34.3 Å². The van der Waals surface area contributed by atoms with Gasteiger partial charge < -0.3 is 23.5 Å². The Bertz CT molecular complexity index is 1150. The standard InChI is InChI=1S/C24H27NO5/c1-5-6-9-30-23-13-17-15(11-21(23)28-3)7-8-25-19(17)10-16-12-20(27-2)22(29-4)14-18(16)24(25)26/h10-14H,5-9H2,1-4H3. The molecule has 0 unspecified atom stereocenters. The van der Waals surface area contributed by atoms with Crippen LogP contribution in [0.2, 0.25) is 0 Å². The highest BCUT2D eigenvalue weighted by molar-refractivity contribution is 5.89. The van der Waals surface area contributed by atoms with Crippen LogP contribution in [0.4, 0.5) is 0 Å². The average molecular weight is 409 g/mol. The van der Waals surface area contributed by atoms with Crippen LogP contribution in [-0.2, 0) is 13.0 Å². The topological polar surface area (TPSA) is 58.9 Å². The minimum atomic E-state index is -0.0293. The summed E-state index contributed by atoms with van der Waals surface area (Å²) in [6, 6.07) is 9.68. The molecular formula is C24H27NO5. The molecule has 0 spiro atoms. The Labute approximate surface area is 175 Å². The molecule has 6 heteroatoms. The number of unbranched alkanes of at least 4 members (excludes halogenated alkanes) is 1. The summed E-state index contributed by atoms with van der Waals surface area (Å²) in [6.07, 6.45) is 2.79. The maximum absolute atomic E-state index is 13.3. The van der Waals surface area contributed by atoms with Gasteiger partial charge in [-0.1, -0.05) is 13.3 Å². The van der Waals surface area contributed by atoms with Crippen LogP contribution in [-0.4, -0.2) is 32.5 Å². The molecule has 2 heterocycles. The van der Waals surface area contributed by atoms with E-state index in [1.165, 1.54) is 0 Å². The van der Waals surface area contributed by atoms with Crippen LogP contribution < -0.4 is 24.5 Å². The molecule has 6 nitrogen and oxygen atoms in total. The van der Waals surface area contributed by atoms with Gasteiger partial charge in [0.05, 0.1) is 39.0 Å². The third-order valence-electron chi connectivity index (χ3n) is 5.64. The monoisotopic (exact) mass is 409 g/mol. The fourth-order valence-corrected chi connectivity index (χ4v) is 4.00. The van der Waals surface area contributed by atoms with Crippen molar-refractivity contribution in [1.82, 2.24) is 4.57 Å². The number of benzene rings is 2. The fraction of sp³-hybridized carbons (Fsp3) is 0.375. The Balaban J connectivity index is 1.90. The first-order valence-electron chi connectivity index (χ1n) is 10.2. The van der Waals surface area contributed by atoms with E-state index in [1.54, 1.807) is 27.4 Å². The number of fused-ring (bicyclic) bond motifs is 4. The van der Waals surface area contributed by atoms with E-state index < -0.39 is 0 Å². The number of aryl methyl sites for hydroxylation is 1. The first kappa shape index (κ1) is 20.1. The molecule has 0 fully saturated rings. The van der Waals surface area contributed by atoms with Crippen molar-refractivity contribution in [3.05, 3.63) is 46.2 Å². The number of nitrogens with zero attached hydrogens (tertiary/aromatic N) is 1. The van der Waals surface area contributed by atoms with Crippen LogP contribution in [0.3, 0.4) is 0 Å². The molecular weight excluding hydrogens is 382 g/mol. The van der Waals surface area contributed by atoms with Gasteiger partial charge in [-0.05, 0) is 54.1 Å². The molecule has 3 aromatic rings. The minimum Gasteiger partial charge on any atom is -0.493 e. The lowest BCUT2D eigenvalue weighted by Crippen LogP contribution is -2.26. The summed E-state index contributed by atoms with van der Waals surface area (Å²) in [5.74, 6) is 2.59. The summed E-state index contributed by atoms with van der Waals surface area (Å²) < 4.78 is 24.2. The minimum absolute atomic E-state index is 0.0293. The molecule has 0 radical (unpaired) electrons. The summed E-state index contributed by atoms with van der Waals surface area (Å²) >= 11 is 0. The van der Waals surface area contributed by atoms with Gasteiger partial charge in [-0.2, -0.15) is 0 Å². The highest BCUT2D eigenvalue weighted by Crippen LogP contribution is 2.40. The number of aromatic nitrogens is 1. The van der Waals surface area contributed by atoms with Crippen molar-refractivity contribution in [2.45, 2.75) is 32.7 Å². The normalized spacial score (nSPS) is 12.3. The SMILES string of the molecule is CCCCOc1cc2c(cc1OC)CCn1c-2cc2cc(OC)c(OC)cc2c1=O. The summed E-state index contributed by atoms with van der Waals surface area (Å²) in [7, 11) is 4.82. The van der Waals surface area contributed by atoms with Gasteiger partial charge in [0.15, 0.2) is 23.0 Å². The molecule has 4 rings (SSSR count). The van der Waals surface area contributed by atoms with Gasteiger partial charge in [0.25, 0.3) is 5.56 Å². The molecule has 0 atom stereocenters. The molecule has 1 aliphatic heterocycles. The molecule has 1 aliphatic rings. The summed E-state index contributed by atoms with van der Waals surface area (Å²) in [6.45, 7) is 3.38. The molecule has 30 heavy (non-hydrogen) atoms. The molecule has 0 amide bonds. The highest BCUT2D eigenvalue weighted by atomic mass is 16.5. The molecule has 1 aromatic heterocycles. The first-order valence-corrected chi connectivity index (χ1v) is 10.2. The predicted octanol–water partition coefficient (Wildman–Crippen LogP) is 4.43. The van der Waals surface area contributed by atoms with Gasteiger partial charge in [0, 0.05) is 12.1 Å². The van der Waals surface area contributed by atoms with Gasteiger partial charge >= 0.3 is 0 Å². The van der Waals surface area contributed by atoms with E-state index in [4.69, 9.17) is 18.9 Å². The first-order chi connectivity index (χ1) is 14.6. The Morgan fingerprint density at radius 2 is 1.60 bits per heavy atom. The van der Waals surface area contributed by atoms with Gasteiger partial charge in [0.2, 0.25) is 0 Å². The zero-order valence-electron chi connectivity index (χ0n) is 17.9. The van der Waals surface area contributed by atoms with Gasteiger partial charge in [-0.3, -0.25) is 4.79 Å². The molecule has 158 valence electrons. The number of methoxy groups -OCH3 is 3. The van der Waals surface area contributed by atoms with Crippen LogP contribution in [0.5, 0.6) is 23.0 Å². The molecule has 0 bridgehead atoms. The number of hydrogen-bond acceptors (Lipinski definition) is 5. The third-order valence-corrected chi connectivity index (χ3v) is 5.64. The Morgan fingerprint density at radius 3 is 2.30 bits per heavy atom. The van der Waals surface area contributed by atoms with Crippen molar-refractivity contribution >= 4 is 10.8 Å². The predicted molar refractivity (Wildman–Crippen MR) is 117 cm³/mol. The van der Waals surface area contributed by atoms with Crippen molar-refractivity contribution in [2.24, 2.45) is 0 Å². The van der Waals surface area contributed by atoms with Gasteiger partial charge in [0.1, 0.15) is 0 Å². The van der Waals surface area contributed by atoms with Gasteiger partial charge in [-0.15, -0.1) is 0 Å². The van der Waals surface area contributed by atoms with Crippen LogP contribution >= 0.6 is 0 Å². The maximum atomic E-state index is 13.3. The van der Waals surface area contributed by atoms with E-state index in [1.807, 2.05) is 28.8 Å². The largest absolute Gasteiger partial charge is 0.493 e. The molecule has 0 saturated carbocycles. The maximum Gasteiger partial charge on any atom is 0.259 e. The molecule has 2 aromatic carbocycles. The van der Waals surface area contributed by atoms with Crippen molar-refractivity contribution < 1.29 is 18.9 Å². The molecule has 0 N–H and O–H groups in total. The second-order valence-corrected chi connectivity index (χ2v) is 7.39. The number of hydrogen-bond donors (Lipinski definition) is 0. The van der Waals surface area contributed by atoms with E-state index in [9.17, 15) is 4.79 Å². The van der Waals surface area contributed by atoms with Crippen molar-refractivity contribution in [3.63, 3.8) is 0 Å². The van der Waals surface area contributed by atoms with Gasteiger partial charge in [-0.25, -0.2) is 0 Å². The fourth-order valence-electron chi connectivity index (χ4n) is 4.00. The molecule has 0 saturated heterocycles. The van der Waals surface area contributed by atoms with E-state index in [-0.39, 0.29) is 5.56 Å². The number of pyridine rings is 1. The van der Waals surface area contributed by atoms with E-state index in [0.29, 0.717) is 35.8 Å². The van der Waals surface area contributed by atoms with E-state index in [0.717, 1.165) is 47.2 Å². The van der Waals surface area contributed by atoms with Crippen LogP contribution in [0.15, 0.2) is 35.1 Å². The zero-order chi connectivity index (χ0) is 21.3. The van der Waals surface area contributed by atoms with Crippen molar-refractivity contribution in [2.75, 3.05) is 27.9 Å². The summed E-state index contributed by atoms with van der Waals surface area (Å²) in [5.41, 5.74) is 3.00. The lowest BCUT2D eigenvalue weighted by Gasteiger charge is -2.24. The highest BCUT2D eigenvalue weighted by Gasteiger charge is 2.22. The quantitative estimate of drug-likeness (QED) is 0.541. The van der Waals surface area contributed by atoms with Crippen molar-refractivity contribution in [1.29, 1.82) is 0 Å². The summed E-state index contributed by atoms with van der Waals surface area (Å²) in [5, 5.41) is 1.44. The van der Waals surface area contributed by atoms with Crippen LogP contribution in [0, 0.1) is 0 Å². The lowest BCUT2D eigenvalue weighted by molar-refractivity contribution is 0.288. The molecule has 0 aliphatic carbocycles. The Morgan fingerprint density at radius 1 is 0.900 bits per heavy atom. The number of rotatable bonds is 7. The number of ether oxygens (including phenoxy) is 4. The Kier molecular flexibility index (Phi) is 5.57. The van der Waals surface area contributed by atoms with E-state index >= 15 is 0 Å². The lowest BCUT2D eigenvalue weighted by atomic mass is 9.95. The summed E-state index contributed by atoms with van der Waals surface area (Å²) in [4.78, 5) is 13.3. The Hall–Kier alpha value is -3.15. The second kappa shape index (κ2) is 8.30. The van der Waals surface area contributed by atoms with E-state index in [2.05, 4.69) is 6.92 Å². The average Bonchev–Trinajstić information content (AvgIpc) is 2.78. The second-order valence-electron chi connectivity index (χ2n) is 7.39. The smallest absolute Gasteiger partial charge is 0.259 e. The van der Waals surface area contributed by atoms with Crippen LogP contribution in [0.1, 0.15) is 25.3 Å². The van der Waals surface area contributed by atoms with Crippen LogP contribution in [0.25, 0.3) is 22.0 Å².